The SMILES string of the molecule is C1CCCCCC1.C1CCCCCC1.CC.CC.CP(F)[18F].CPF.[18F-].[18F-]. The van der Waals surface area contributed by atoms with Gasteiger partial charge >= 0.3 is 0 Å². The van der Waals surface area contributed by atoms with Gasteiger partial charge in [0.2, 0.25) is 0 Å². The second-order valence-corrected chi connectivity index (χ2v) is 6.72. The molecule has 0 aromatic carbocycles. The summed E-state index contributed by atoms with van der Waals surface area (Å²) in [6, 6.07) is 0. The van der Waals surface area contributed by atoms with Crippen molar-refractivity contribution in [3.8, 4) is 0 Å². The van der Waals surface area contributed by atoms with E-state index in [1.807, 2.05) is 27.7 Å². The molecule has 27 heavy (non-hydrogen) atoms. The summed E-state index contributed by atoms with van der Waals surface area (Å²) >= 11 is 0. The van der Waals surface area contributed by atoms with E-state index in [1.54, 1.807) is 0 Å². The zero-order valence-electron chi connectivity index (χ0n) is 18.7. The highest BCUT2D eigenvalue weighted by atomic mass is 31.2. The van der Waals surface area contributed by atoms with Gasteiger partial charge in [0, 0.05) is 6.66 Å². The van der Waals surface area contributed by atoms with E-state index in [9.17, 15) is 12.6 Å². The average molecular weight is 442 g/mol. The van der Waals surface area contributed by atoms with Crippen LogP contribution in [0.1, 0.15) is 118 Å². The van der Waals surface area contributed by atoms with E-state index in [0.29, 0.717) is 0 Å². The van der Waals surface area contributed by atoms with Crippen LogP contribution in [0, 0.1) is 0 Å². The molecule has 0 aromatic heterocycles. The van der Waals surface area contributed by atoms with Crippen molar-refractivity contribution in [3.63, 3.8) is 0 Å². The second kappa shape index (κ2) is 50.4. The Bertz CT molecular complexity index is 120. The number of hydrogen-bond acceptors (Lipinski definition) is 0. The molecule has 0 nitrogen and oxygen atoms in total. The molecule has 0 radical (unpaired) electrons. The van der Waals surface area contributed by atoms with Gasteiger partial charge in [-0.15, -0.1) is 0 Å². The smallest absolute Gasteiger partial charge is 0.263 e. The molecule has 2 aliphatic carbocycles. The van der Waals surface area contributed by atoms with Gasteiger partial charge in [-0.3, -0.25) is 0 Å². The van der Waals surface area contributed by atoms with Crippen molar-refractivity contribution in [2.45, 2.75) is 118 Å². The molecule has 0 spiro atoms. The number of hydrogen-bond donors (Lipinski definition) is 0. The minimum Gasteiger partial charge on any atom is -1.00 e. The molecule has 2 unspecified atom stereocenters. The first-order chi connectivity index (χ1) is 12.1. The van der Waals surface area contributed by atoms with Gasteiger partial charge in [0.05, 0.1) is 8.89 Å². The van der Waals surface area contributed by atoms with Gasteiger partial charge in [-0.2, -0.15) is 8.39 Å². The molecule has 0 aliphatic heterocycles. The van der Waals surface area contributed by atoms with Crippen molar-refractivity contribution < 1.29 is 22.0 Å². The van der Waals surface area contributed by atoms with E-state index in [1.165, 1.54) is 96.6 Å². The zero-order valence-corrected chi connectivity index (χ0v) is 20.6. The molecule has 0 saturated heterocycles. The largest absolute Gasteiger partial charge is 1.00 e. The van der Waals surface area contributed by atoms with Crippen molar-refractivity contribution in [1.29, 1.82) is 0 Å². The summed E-state index contributed by atoms with van der Waals surface area (Å²) in [6.45, 7) is 10.4. The fraction of sp³-hybridized carbons (Fsp3) is 1.00. The van der Waals surface area contributed by atoms with E-state index in [0.717, 1.165) is 6.66 Å². The van der Waals surface area contributed by atoms with Crippen LogP contribution in [0.4, 0.5) is 12.6 Å². The lowest BCUT2D eigenvalue weighted by Gasteiger charge is -1.85. The summed E-state index contributed by atoms with van der Waals surface area (Å²) in [5, 5.41) is 0. The minimum atomic E-state index is -2.62. The highest BCUT2D eigenvalue weighted by Crippen LogP contribution is 2.32. The van der Waals surface area contributed by atoms with Crippen LogP contribution in [-0.4, -0.2) is 13.3 Å². The lowest BCUT2D eigenvalue weighted by atomic mass is 10.2. The maximum Gasteiger partial charge on any atom is 0.263 e. The molecule has 7 heteroatoms. The number of halogens is 5. The molecule has 2 fully saturated rings. The predicted molar refractivity (Wildman–Crippen MR) is 118 cm³/mol. The average Bonchev–Trinajstić information content (AvgIpc) is 3.09. The Kier molecular flexibility index (Phi) is 77.9. The van der Waals surface area contributed by atoms with Gasteiger partial charge in [-0.25, -0.2) is 4.20 Å². The van der Waals surface area contributed by atoms with Crippen molar-refractivity contribution in [1.82, 2.24) is 0 Å². The maximum atomic E-state index is 10.4. The van der Waals surface area contributed by atoms with Gasteiger partial charge in [-0.1, -0.05) is 118 Å². The van der Waals surface area contributed by atoms with Gasteiger partial charge in [0.15, 0.2) is 0 Å². The van der Waals surface area contributed by atoms with Crippen molar-refractivity contribution in [2.24, 2.45) is 0 Å². The van der Waals surface area contributed by atoms with E-state index >= 15 is 0 Å². The van der Waals surface area contributed by atoms with E-state index in [4.69, 9.17) is 0 Å². The highest BCUT2D eigenvalue weighted by molar-refractivity contribution is 7.45. The second-order valence-electron chi connectivity index (χ2n) is 5.54. The molecule has 174 valence electrons. The molecular formula is C20H47F5P2-2. The predicted octanol–water partition coefficient (Wildman–Crippen LogP) is 4.57. The highest BCUT2D eigenvalue weighted by Gasteiger charge is 1.96. The fourth-order valence-electron chi connectivity index (χ4n) is 2.47. The van der Waals surface area contributed by atoms with E-state index < -0.39 is 17.4 Å². The van der Waals surface area contributed by atoms with Crippen molar-refractivity contribution in [2.75, 3.05) is 13.3 Å². The zero-order chi connectivity index (χ0) is 20.2. The van der Waals surface area contributed by atoms with E-state index in [-0.39, 0.29) is 9.41 Å². The van der Waals surface area contributed by atoms with Crippen LogP contribution in [0.25, 0.3) is 0 Å². The van der Waals surface area contributed by atoms with Gasteiger partial charge in [-0.05, 0) is 6.66 Å². The van der Waals surface area contributed by atoms with Crippen LogP contribution >= 0.6 is 17.4 Å². The molecule has 0 heterocycles. The summed E-state index contributed by atoms with van der Waals surface area (Å²) in [5.41, 5.74) is 0. The van der Waals surface area contributed by atoms with Crippen molar-refractivity contribution in [3.05, 3.63) is 0 Å². The first kappa shape index (κ1) is 41.8. The maximum absolute atomic E-state index is 10.4. The third-order valence-corrected chi connectivity index (χ3v) is 3.50. The lowest BCUT2D eigenvalue weighted by molar-refractivity contribution is -0.001000. The molecule has 2 saturated carbocycles. The Morgan fingerprint density at radius 3 is 0.593 bits per heavy atom. The fourth-order valence-corrected chi connectivity index (χ4v) is 2.47. The summed E-state index contributed by atoms with van der Waals surface area (Å²) in [5.74, 6) is 0. The Balaban J connectivity index is -0.0000000522. The van der Waals surface area contributed by atoms with Crippen LogP contribution in [0.3, 0.4) is 0 Å². The Morgan fingerprint density at radius 2 is 0.556 bits per heavy atom. The van der Waals surface area contributed by atoms with E-state index in [2.05, 4.69) is 0 Å². The van der Waals surface area contributed by atoms with Crippen LogP contribution in [0.5, 0.6) is 0 Å². The Labute approximate surface area is 170 Å². The molecule has 0 bridgehead atoms. The third kappa shape index (κ3) is 75.6. The Morgan fingerprint density at radius 1 is 0.519 bits per heavy atom. The summed E-state index contributed by atoms with van der Waals surface area (Å²) in [4.78, 5) is 0. The third-order valence-electron chi connectivity index (χ3n) is 3.50. The molecular weight excluding hydrogens is 394 g/mol. The molecule has 0 N–H and O–H groups in total. The quantitative estimate of drug-likeness (QED) is 0.294. The van der Waals surface area contributed by atoms with Gasteiger partial charge < -0.3 is 9.41 Å². The standard InChI is InChI=1S/2C7H14.2C2H6.CH3F2P.CH4FP.2FH/c2*1-2-4-6-7-5-3-1;2*1-2;1-4(2)3;1-3-2;;/h2*1-7H2;2*1-2H3;1H3;3H,1H3;2*1H/p-2/i;;;;2-1;;2*1-1. The summed E-state index contributed by atoms with van der Waals surface area (Å²) in [6.07, 6.45) is 21.0. The van der Waals surface area contributed by atoms with Crippen molar-refractivity contribution >= 4 is 17.4 Å². The first-order valence-corrected chi connectivity index (χ1v) is 13.4. The minimum absolute atomic E-state index is 0. The molecule has 0 amide bonds. The van der Waals surface area contributed by atoms with Gasteiger partial charge in [0.1, 0.15) is 0 Å². The molecule has 2 aliphatic rings. The molecule has 2 rings (SSSR count). The first-order valence-electron chi connectivity index (χ1n) is 10.5. The van der Waals surface area contributed by atoms with Crippen LogP contribution in [0.15, 0.2) is 0 Å². The summed E-state index contributed by atoms with van der Waals surface area (Å²) in [7, 11) is -3.04. The molecule has 0 aromatic rings. The monoisotopic (exact) mass is 441 g/mol. The van der Waals surface area contributed by atoms with Crippen LogP contribution in [0.2, 0.25) is 0 Å². The van der Waals surface area contributed by atoms with Gasteiger partial charge in [0.25, 0.3) is 8.54 Å². The molecule has 2 atom stereocenters. The van der Waals surface area contributed by atoms with Crippen LogP contribution in [-0.2, 0) is 0 Å². The topological polar surface area (TPSA) is 0 Å². The Hall–Kier alpha value is 0.510. The lowest BCUT2D eigenvalue weighted by Crippen LogP contribution is -3.00. The normalized spacial score (nSPS) is 16.3. The summed E-state index contributed by atoms with van der Waals surface area (Å²) < 4.78 is 31.1. The van der Waals surface area contributed by atoms with Crippen LogP contribution < -0.4 is 9.41 Å². The number of rotatable bonds is 0.